The van der Waals surface area contributed by atoms with Gasteiger partial charge in [-0.25, -0.2) is 0 Å². The van der Waals surface area contributed by atoms with Crippen LogP contribution in [-0.4, -0.2) is 5.78 Å². The summed E-state index contributed by atoms with van der Waals surface area (Å²) in [5, 5.41) is 7.30. The SMILES string of the molecule is Cc1ccc([C@H]2Nc3ccccc3NC3=C2C(=O)C[C@H](c2ccc(C(C)(C)C)cc2)C3)cc1. The first kappa shape index (κ1) is 21.5. The molecule has 0 fully saturated rings. The Bertz CT molecular complexity index is 1210. The van der Waals surface area contributed by atoms with E-state index in [0.717, 1.165) is 34.6 Å². The maximum absolute atomic E-state index is 13.7. The largest absolute Gasteiger partial charge is 0.372 e. The number of hydrogen-bond donors (Lipinski definition) is 2. The topological polar surface area (TPSA) is 41.1 Å². The number of benzene rings is 3. The normalized spacial score (nSPS) is 20.3. The van der Waals surface area contributed by atoms with E-state index in [4.69, 9.17) is 0 Å². The third-order valence-electron chi connectivity index (χ3n) is 6.97. The first-order valence-corrected chi connectivity index (χ1v) is 11.9. The summed E-state index contributed by atoms with van der Waals surface area (Å²) in [6, 6.07) is 25.4. The highest BCUT2D eigenvalue weighted by atomic mass is 16.1. The molecule has 0 saturated carbocycles. The Kier molecular flexibility index (Phi) is 5.36. The predicted molar refractivity (Wildman–Crippen MR) is 137 cm³/mol. The maximum Gasteiger partial charge on any atom is 0.163 e. The van der Waals surface area contributed by atoms with Gasteiger partial charge in [-0.05, 0) is 53.5 Å². The maximum atomic E-state index is 13.7. The molecule has 33 heavy (non-hydrogen) atoms. The second-order valence-electron chi connectivity index (χ2n) is 10.5. The van der Waals surface area contributed by atoms with Crippen molar-refractivity contribution in [3.8, 4) is 0 Å². The number of anilines is 2. The Labute approximate surface area is 196 Å². The third kappa shape index (κ3) is 4.20. The lowest BCUT2D eigenvalue weighted by atomic mass is 9.77. The van der Waals surface area contributed by atoms with Gasteiger partial charge in [-0.2, -0.15) is 0 Å². The molecular weight excluding hydrogens is 404 g/mol. The zero-order chi connectivity index (χ0) is 23.2. The molecular formula is C30H32N2O. The summed E-state index contributed by atoms with van der Waals surface area (Å²) in [4.78, 5) is 13.7. The first-order chi connectivity index (χ1) is 15.8. The molecule has 3 aromatic rings. The Morgan fingerprint density at radius 2 is 1.42 bits per heavy atom. The lowest BCUT2D eigenvalue weighted by Gasteiger charge is -2.30. The number of carbonyl (C=O) groups is 1. The van der Waals surface area contributed by atoms with E-state index >= 15 is 0 Å². The van der Waals surface area contributed by atoms with Crippen LogP contribution >= 0.6 is 0 Å². The van der Waals surface area contributed by atoms with Crippen LogP contribution in [0.15, 0.2) is 84.1 Å². The van der Waals surface area contributed by atoms with Crippen molar-refractivity contribution in [2.75, 3.05) is 10.6 Å². The predicted octanol–water partition coefficient (Wildman–Crippen LogP) is 7.27. The fraction of sp³-hybridized carbons (Fsp3) is 0.300. The summed E-state index contributed by atoms with van der Waals surface area (Å²) in [6.07, 6.45) is 1.37. The number of rotatable bonds is 2. The van der Waals surface area contributed by atoms with Gasteiger partial charge in [-0.3, -0.25) is 4.79 Å². The Balaban J connectivity index is 1.54. The van der Waals surface area contributed by atoms with Crippen molar-refractivity contribution >= 4 is 17.2 Å². The number of aryl methyl sites for hydroxylation is 1. The van der Waals surface area contributed by atoms with Crippen LogP contribution < -0.4 is 10.6 Å². The van der Waals surface area contributed by atoms with Crippen LogP contribution in [0.2, 0.25) is 0 Å². The summed E-state index contributed by atoms with van der Waals surface area (Å²) >= 11 is 0. The molecule has 0 unspecified atom stereocenters. The van der Waals surface area contributed by atoms with E-state index in [9.17, 15) is 4.79 Å². The fourth-order valence-corrected chi connectivity index (χ4v) is 4.99. The summed E-state index contributed by atoms with van der Waals surface area (Å²) in [5.41, 5.74) is 8.97. The molecule has 2 atom stereocenters. The highest BCUT2D eigenvalue weighted by molar-refractivity contribution is 6.01. The van der Waals surface area contributed by atoms with Crippen molar-refractivity contribution in [3.05, 3.63) is 106 Å². The van der Waals surface area contributed by atoms with Crippen LogP contribution in [0.1, 0.15) is 67.8 Å². The Morgan fingerprint density at radius 1 is 0.788 bits per heavy atom. The molecule has 0 spiro atoms. The molecule has 2 aliphatic rings. The van der Waals surface area contributed by atoms with Crippen LogP contribution in [0, 0.1) is 6.92 Å². The number of allylic oxidation sites excluding steroid dienone is 1. The molecule has 1 aliphatic heterocycles. The average Bonchev–Trinajstić information content (AvgIpc) is 2.96. The quantitative estimate of drug-likeness (QED) is 0.444. The van der Waals surface area contributed by atoms with Crippen molar-refractivity contribution < 1.29 is 4.79 Å². The van der Waals surface area contributed by atoms with Gasteiger partial charge in [0.05, 0.1) is 17.4 Å². The molecule has 5 rings (SSSR count). The minimum atomic E-state index is -0.159. The van der Waals surface area contributed by atoms with Crippen molar-refractivity contribution in [1.29, 1.82) is 0 Å². The van der Waals surface area contributed by atoms with E-state index in [0.29, 0.717) is 6.42 Å². The molecule has 3 aromatic carbocycles. The molecule has 0 aromatic heterocycles. The van der Waals surface area contributed by atoms with Crippen LogP contribution in [0.25, 0.3) is 0 Å². The fourth-order valence-electron chi connectivity index (χ4n) is 4.99. The lowest BCUT2D eigenvalue weighted by Crippen LogP contribution is -2.27. The summed E-state index contributed by atoms with van der Waals surface area (Å²) in [6.45, 7) is 8.78. The van der Waals surface area contributed by atoms with E-state index < -0.39 is 0 Å². The molecule has 1 heterocycles. The number of nitrogens with one attached hydrogen (secondary N) is 2. The second kappa shape index (κ2) is 8.22. The summed E-state index contributed by atoms with van der Waals surface area (Å²) < 4.78 is 0. The van der Waals surface area contributed by atoms with Crippen molar-refractivity contribution in [2.45, 2.75) is 57.9 Å². The zero-order valence-electron chi connectivity index (χ0n) is 19.9. The van der Waals surface area contributed by atoms with Gasteiger partial charge in [0, 0.05) is 17.7 Å². The van der Waals surface area contributed by atoms with Crippen LogP contribution in [0.5, 0.6) is 0 Å². The van der Waals surface area contributed by atoms with Gasteiger partial charge in [0.15, 0.2) is 5.78 Å². The number of hydrogen-bond acceptors (Lipinski definition) is 3. The third-order valence-corrected chi connectivity index (χ3v) is 6.97. The number of carbonyl (C=O) groups excluding carboxylic acids is 1. The summed E-state index contributed by atoms with van der Waals surface area (Å²) in [7, 11) is 0. The molecule has 0 radical (unpaired) electrons. The van der Waals surface area contributed by atoms with E-state index in [-0.39, 0.29) is 23.2 Å². The van der Waals surface area contributed by atoms with Crippen LogP contribution in [-0.2, 0) is 10.2 Å². The van der Waals surface area contributed by atoms with Gasteiger partial charge in [0.1, 0.15) is 0 Å². The molecule has 1 aliphatic carbocycles. The Hall–Kier alpha value is -3.33. The molecule has 3 heteroatoms. The van der Waals surface area contributed by atoms with Gasteiger partial charge < -0.3 is 10.6 Å². The molecule has 2 N–H and O–H groups in total. The standard InChI is InChI=1S/C30H32N2O/c1-19-9-11-21(12-10-19)29-28-26(31-24-7-5-6-8-25(24)32-29)17-22(18-27(28)33)20-13-15-23(16-14-20)30(2,3)4/h5-16,22,29,31-32H,17-18H2,1-4H3/t22-,29-/m1/s1. The highest BCUT2D eigenvalue weighted by Crippen LogP contribution is 2.44. The Morgan fingerprint density at radius 3 is 2.09 bits per heavy atom. The second-order valence-corrected chi connectivity index (χ2v) is 10.5. The van der Waals surface area contributed by atoms with Crippen LogP contribution in [0.3, 0.4) is 0 Å². The van der Waals surface area contributed by atoms with E-state index in [1.54, 1.807) is 0 Å². The van der Waals surface area contributed by atoms with Crippen molar-refractivity contribution in [3.63, 3.8) is 0 Å². The monoisotopic (exact) mass is 436 g/mol. The number of ketones is 1. The van der Waals surface area contributed by atoms with Crippen molar-refractivity contribution in [1.82, 2.24) is 0 Å². The van der Waals surface area contributed by atoms with E-state index in [1.807, 2.05) is 12.1 Å². The summed E-state index contributed by atoms with van der Waals surface area (Å²) in [5.74, 6) is 0.404. The highest BCUT2D eigenvalue weighted by Gasteiger charge is 2.36. The average molecular weight is 437 g/mol. The molecule has 168 valence electrons. The zero-order valence-corrected chi connectivity index (χ0v) is 19.9. The minimum Gasteiger partial charge on any atom is -0.372 e. The van der Waals surface area contributed by atoms with E-state index in [1.165, 1.54) is 16.7 Å². The van der Waals surface area contributed by atoms with Gasteiger partial charge in [-0.15, -0.1) is 0 Å². The van der Waals surface area contributed by atoms with Gasteiger partial charge >= 0.3 is 0 Å². The first-order valence-electron chi connectivity index (χ1n) is 11.9. The molecule has 0 amide bonds. The van der Waals surface area contributed by atoms with E-state index in [2.05, 4.69) is 99.0 Å². The molecule has 0 saturated heterocycles. The van der Waals surface area contributed by atoms with Crippen molar-refractivity contribution in [2.24, 2.45) is 0 Å². The number of para-hydroxylation sites is 2. The van der Waals surface area contributed by atoms with Gasteiger partial charge in [0.25, 0.3) is 0 Å². The molecule has 0 bridgehead atoms. The van der Waals surface area contributed by atoms with Crippen LogP contribution in [0.4, 0.5) is 11.4 Å². The molecule has 3 nitrogen and oxygen atoms in total. The number of fused-ring (bicyclic) bond motifs is 1. The smallest absolute Gasteiger partial charge is 0.163 e. The van der Waals surface area contributed by atoms with Gasteiger partial charge in [-0.1, -0.05) is 87.0 Å². The lowest BCUT2D eigenvalue weighted by molar-refractivity contribution is -0.116. The van der Waals surface area contributed by atoms with Gasteiger partial charge in [0.2, 0.25) is 0 Å². The minimum absolute atomic E-state index is 0.121. The number of Topliss-reactive ketones (excluding diaryl/α,β-unsaturated/α-hetero) is 1.